The predicted octanol–water partition coefficient (Wildman–Crippen LogP) is 1.93. The topological polar surface area (TPSA) is 139 Å². The number of nitrogens with two attached hydrogens (primary N) is 1. The molecule has 0 aliphatic carbocycles. The minimum atomic E-state index is -4.06. The van der Waals surface area contributed by atoms with Crippen molar-refractivity contribution >= 4 is 15.8 Å². The lowest BCUT2D eigenvalue weighted by Gasteiger charge is -2.38. The molecule has 0 bridgehead atoms. The molecule has 0 aromatic heterocycles. The molecule has 170 valence electrons. The zero-order valence-electron chi connectivity index (χ0n) is 17.5. The number of hydrogen-bond acceptors (Lipinski definition) is 8. The minimum absolute atomic E-state index is 0.00180. The Bertz CT molecular complexity index is 969. The van der Waals surface area contributed by atoms with Crippen LogP contribution in [-0.2, 0) is 21.2 Å². The van der Waals surface area contributed by atoms with Gasteiger partial charge in [-0.2, -0.15) is 0 Å². The van der Waals surface area contributed by atoms with Crippen LogP contribution in [-0.4, -0.2) is 61.7 Å². The second-order valence-electron chi connectivity index (χ2n) is 7.11. The second kappa shape index (κ2) is 10.6. The summed E-state index contributed by atoms with van der Waals surface area (Å²) in [6.45, 7) is 1.35. The van der Waals surface area contributed by atoms with Crippen molar-refractivity contribution in [2.45, 2.75) is 29.0 Å². The van der Waals surface area contributed by atoms with Gasteiger partial charge in [0.1, 0.15) is 11.5 Å². The summed E-state index contributed by atoms with van der Waals surface area (Å²) in [5, 5.41) is 16.4. The van der Waals surface area contributed by atoms with E-state index in [0.717, 1.165) is 11.3 Å². The van der Waals surface area contributed by atoms with Crippen LogP contribution in [0.5, 0.6) is 11.5 Å². The van der Waals surface area contributed by atoms with Gasteiger partial charge < -0.3 is 19.8 Å². The number of ether oxygens (including phenoxy) is 2. The number of sulfone groups is 1. The molecule has 4 N–H and O–H groups in total. The third-order valence-corrected chi connectivity index (χ3v) is 7.98. The maximum Gasteiger partial charge on any atom is 0.325 e. The number of rotatable bonds is 7. The van der Waals surface area contributed by atoms with Crippen LogP contribution in [0.2, 0.25) is 0 Å². The highest BCUT2D eigenvalue weighted by atomic mass is 32.2. The number of aliphatic carboxylic acids is 1. The largest absolute Gasteiger partial charge is 0.497 e. The van der Waals surface area contributed by atoms with Crippen molar-refractivity contribution < 1.29 is 33.0 Å². The van der Waals surface area contributed by atoms with Crippen molar-refractivity contribution in [3.05, 3.63) is 54.1 Å². The number of carboxylic acid groups (broad SMARTS) is 1. The van der Waals surface area contributed by atoms with Gasteiger partial charge in [0.25, 0.3) is 0 Å². The van der Waals surface area contributed by atoms with Crippen molar-refractivity contribution in [1.29, 1.82) is 0 Å². The standard InChI is InChI=1S/C21H25NO6S.H3NO/c1-27-17-6-8-19(9-7-17)29(25,26)21(20(23)24)10-12-22(13-11-21)15-16-4-3-5-18(14-16)28-2;1-2/h3-9,14H,10-13,15H2,1-2H3,(H,23,24);2H,1H2. The Balaban J connectivity index is 0.00000166. The van der Waals surface area contributed by atoms with E-state index in [2.05, 4.69) is 10.8 Å². The number of benzene rings is 2. The molecule has 3 rings (SSSR count). The summed E-state index contributed by atoms with van der Waals surface area (Å²) in [6.07, 6.45) is 0.0569. The predicted molar refractivity (Wildman–Crippen MR) is 114 cm³/mol. The lowest BCUT2D eigenvalue weighted by atomic mass is 9.95. The van der Waals surface area contributed by atoms with Gasteiger partial charge in [-0.3, -0.25) is 9.69 Å². The molecule has 1 fully saturated rings. The fraction of sp³-hybridized carbons (Fsp3) is 0.381. The number of carboxylic acids is 1. The number of nitrogens with zero attached hydrogens (tertiary/aromatic N) is 1. The first-order chi connectivity index (χ1) is 14.8. The number of hydrogen-bond donors (Lipinski definition) is 3. The first-order valence-electron chi connectivity index (χ1n) is 9.55. The van der Waals surface area contributed by atoms with Crippen LogP contribution >= 0.6 is 0 Å². The molecule has 1 heterocycles. The van der Waals surface area contributed by atoms with E-state index in [1.54, 1.807) is 7.11 Å². The highest BCUT2D eigenvalue weighted by molar-refractivity contribution is 7.93. The summed E-state index contributed by atoms with van der Waals surface area (Å²) < 4.78 is 35.0. The molecule has 9 nitrogen and oxygen atoms in total. The number of piperidine rings is 1. The molecule has 2 aromatic rings. The van der Waals surface area contributed by atoms with Crippen molar-refractivity contribution in [3.8, 4) is 11.5 Å². The average molecular weight is 453 g/mol. The quantitative estimate of drug-likeness (QED) is 0.538. The van der Waals surface area contributed by atoms with Crippen molar-refractivity contribution in [2.75, 3.05) is 27.3 Å². The summed E-state index contributed by atoms with van der Waals surface area (Å²) in [7, 11) is -0.968. The Labute approximate surface area is 181 Å². The van der Waals surface area contributed by atoms with Gasteiger partial charge >= 0.3 is 5.97 Å². The first kappa shape index (κ1) is 24.6. The minimum Gasteiger partial charge on any atom is -0.497 e. The van der Waals surface area contributed by atoms with E-state index in [1.165, 1.54) is 31.4 Å². The summed E-state index contributed by atoms with van der Waals surface area (Å²) >= 11 is 0. The molecule has 10 heteroatoms. The van der Waals surface area contributed by atoms with Crippen LogP contribution in [0.3, 0.4) is 0 Å². The van der Waals surface area contributed by atoms with Gasteiger partial charge in [0.15, 0.2) is 14.6 Å². The van der Waals surface area contributed by atoms with E-state index in [4.69, 9.17) is 14.7 Å². The molecule has 0 saturated carbocycles. The monoisotopic (exact) mass is 452 g/mol. The summed E-state index contributed by atoms with van der Waals surface area (Å²) in [5.74, 6) is 3.47. The first-order valence-corrected chi connectivity index (χ1v) is 11.0. The van der Waals surface area contributed by atoms with E-state index in [0.29, 0.717) is 25.4 Å². The normalized spacial score (nSPS) is 16.0. The van der Waals surface area contributed by atoms with E-state index in [9.17, 15) is 18.3 Å². The lowest BCUT2D eigenvalue weighted by Crippen LogP contribution is -2.54. The molecule has 31 heavy (non-hydrogen) atoms. The second-order valence-corrected chi connectivity index (χ2v) is 9.37. The molecular formula is C21H28N2O7S. The average Bonchev–Trinajstić information content (AvgIpc) is 2.80. The fourth-order valence-electron chi connectivity index (χ4n) is 3.68. The van der Waals surface area contributed by atoms with Gasteiger partial charge in [-0.15, -0.1) is 0 Å². The van der Waals surface area contributed by atoms with Crippen LogP contribution in [0, 0.1) is 0 Å². The zero-order valence-corrected chi connectivity index (χ0v) is 18.3. The Morgan fingerprint density at radius 1 is 1.03 bits per heavy atom. The lowest BCUT2D eigenvalue weighted by molar-refractivity contribution is -0.141. The number of carbonyl (C=O) groups is 1. The van der Waals surface area contributed by atoms with Gasteiger partial charge in [0.05, 0.1) is 19.1 Å². The molecule has 0 radical (unpaired) electrons. The Morgan fingerprint density at radius 3 is 2.13 bits per heavy atom. The van der Waals surface area contributed by atoms with Gasteiger partial charge in [-0.1, -0.05) is 12.1 Å². The van der Waals surface area contributed by atoms with Crippen LogP contribution in [0.1, 0.15) is 18.4 Å². The fourth-order valence-corrected chi connectivity index (χ4v) is 5.57. The van der Waals surface area contributed by atoms with Crippen molar-refractivity contribution in [1.82, 2.24) is 4.90 Å². The van der Waals surface area contributed by atoms with Crippen molar-refractivity contribution in [3.63, 3.8) is 0 Å². The Morgan fingerprint density at radius 2 is 1.61 bits per heavy atom. The van der Waals surface area contributed by atoms with Gasteiger partial charge in [-0.25, -0.2) is 14.3 Å². The third kappa shape index (κ3) is 5.16. The summed E-state index contributed by atoms with van der Waals surface area (Å²) in [5.41, 5.74) is 1.03. The highest BCUT2D eigenvalue weighted by Crippen LogP contribution is 2.37. The van der Waals surface area contributed by atoms with Crippen LogP contribution in [0.25, 0.3) is 0 Å². The van der Waals surface area contributed by atoms with E-state index < -0.39 is 20.6 Å². The van der Waals surface area contributed by atoms with Crippen LogP contribution in [0.4, 0.5) is 0 Å². The van der Waals surface area contributed by atoms with E-state index in [1.807, 2.05) is 24.3 Å². The zero-order chi connectivity index (χ0) is 23.1. The maximum atomic E-state index is 13.2. The molecule has 0 unspecified atom stereocenters. The molecule has 1 aliphatic rings. The summed E-state index contributed by atoms with van der Waals surface area (Å²) in [4.78, 5) is 14.2. The van der Waals surface area contributed by atoms with Crippen LogP contribution < -0.4 is 15.4 Å². The molecule has 0 spiro atoms. The number of methoxy groups -OCH3 is 2. The maximum absolute atomic E-state index is 13.2. The summed E-state index contributed by atoms with van der Waals surface area (Å²) in [6, 6.07) is 13.5. The Hall–Kier alpha value is -2.66. The number of likely N-dealkylation sites (tertiary alicyclic amines) is 1. The molecule has 0 atom stereocenters. The van der Waals surface area contributed by atoms with Gasteiger partial charge in [0.2, 0.25) is 0 Å². The van der Waals surface area contributed by atoms with E-state index >= 15 is 0 Å². The molecule has 1 saturated heterocycles. The van der Waals surface area contributed by atoms with Gasteiger partial charge in [-0.05, 0) is 54.8 Å². The van der Waals surface area contributed by atoms with Gasteiger partial charge in [0, 0.05) is 19.6 Å². The molecule has 2 aromatic carbocycles. The molecule has 1 aliphatic heterocycles. The Kier molecular flexibility index (Phi) is 8.40. The third-order valence-electron chi connectivity index (χ3n) is 5.48. The van der Waals surface area contributed by atoms with E-state index in [-0.39, 0.29) is 17.7 Å². The van der Waals surface area contributed by atoms with Crippen molar-refractivity contribution in [2.24, 2.45) is 5.90 Å². The van der Waals surface area contributed by atoms with Crippen LogP contribution in [0.15, 0.2) is 53.4 Å². The SMILES string of the molecule is COc1ccc(S(=O)(=O)C2(C(=O)O)CCN(Cc3cccc(OC)c3)CC2)cc1.NO. The molecule has 0 amide bonds. The smallest absolute Gasteiger partial charge is 0.325 e. The molecular weight excluding hydrogens is 424 g/mol. The highest BCUT2D eigenvalue weighted by Gasteiger charge is 2.53.